The smallest absolute Gasteiger partial charge is 0.194 e. The Bertz CT molecular complexity index is 719. The number of rotatable bonds is 4. The minimum absolute atomic E-state index is 0.257. The Morgan fingerprint density at radius 1 is 1.23 bits per heavy atom. The summed E-state index contributed by atoms with van der Waals surface area (Å²) in [6.07, 6.45) is 0.257. The molecule has 4 rings (SSSR count). The molecule has 0 amide bonds. The average Bonchev–Trinajstić information content (AvgIpc) is 3.33. The van der Waals surface area contributed by atoms with Crippen molar-refractivity contribution < 1.29 is 4.74 Å². The lowest BCUT2D eigenvalue weighted by Gasteiger charge is -2.36. The molecule has 5 nitrogen and oxygen atoms in total. The van der Waals surface area contributed by atoms with Crippen LogP contribution in [0, 0.1) is 0 Å². The van der Waals surface area contributed by atoms with Gasteiger partial charge in [0, 0.05) is 38.1 Å². The average molecular weight is 371 g/mol. The summed E-state index contributed by atoms with van der Waals surface area (Å²) >= 11 is 1.77. The highest BCUT2D eigenvalue weighted by molar-refractivity contribution is 7.09. The van der Waals surface area contributed by atoms with Crippen LogP contribution in [0.4, 0.5) is 0 Å². The Kier molecular flexibility index (Phi) is 5.53. The van der Waals surface area contributed by atoms with Crippen LogP contribution in [0.1, 0.15) is 10.4 Å². The Morgan fingerprint density at radius 3 is 2.88 bits per heavy atom. The topological polar surface area (TPSA) is 40.1 Å². The highest BCUT2D eigenvalue weighted by atomic mass is 32.1. The van der Waals surface area contributed by atoms with Crippen LogP contribution in [0.2, 0.25) is 0 Å². The van der Waals surface area contributed by atoms with E-state index in [-0.39, 0.29) is 6.10 Å². The number of hydrogen-bond donors (Lipinski definition) is 1. The van der Waals surface area contributed by atoms with Gasteiger partial charge >= 0.3 is 0 Å². The molecule has 1 aromatic carbocycles. The second-order valence-electron chi connectivity index (χ2n) is 6.82. The zero-order chi connectivity index (χ0) is 17.8. The first-order chi connectivity index (χ1) is 12.8. The first-order valence-corrected chi connectivity index (χ1v) is 10.1. The SMILES string of the molecule is CN=C(NCc1cccs1)N1CC2OCCN(Cc3ccccc3)C2C1. The van der Waals surface area contributed by atoms with E-state index in [0.29, 0.717) is 6.04 Å². The summed E-state index contributed by atoms with van der Waals surface area (Å²) in [4.78, 5) is 10.7. The lowest BCUT2D eigenvalue weighted by Crippen LogP contribution is -2.50. The molecule has 0 aliphatic carbocycles. The zero-order valence-corrected chi connectivity index (χ0v) is 16.0. The van der Waals surface area contributed by atoms with E-state index in [2.05, 4.69) is 68.0 Å². The minimum atomic E-state index is 0.257. The van der Waals surface area contributed by atoms with Crippen LogP contribution in [0.5, 0.6) is 0 Å². The second-order valence-corrected chi connectivity index (χ2v) is 7.85. The van der Waals surface area contributed by atoms with E-state index in [1.807, 2.05) is 7.05 Å². The van der Waals surface area contributed by atoms with Crippen molar-refractivity contribution in [1.29, 1.82) is 0 Å². The molecule has 0 saturated carbocycles. The van der Waals surface area contributed by atoms with Gasteiger partial charge in [-0.15, -0.1) is 11.3 Å². The van der Waals surface area contributed by atoms with E-state index in [9.17, 15) is 0 Å². The summed E-state index contributed by atoms with van der Waals surface area (Å²) in [5.41, 5.74) is 1.37. The van der Waals surface area contributed by atoms with Crippen LogP contribution in [0.3, 0.4) is 0 Å². The quantitative estimate of drug-likeness (QED) is 0.663. The molecular formula is C20H26N4OS. The molecule has 2 aliphatic rings. The van der Waals surface area contributed by atoms with E-state index in [4.69, 9.17) is 4.74 Å². The fourth-order valence-corrected chi connectivity index (χ4v) is 4.50. The molecule has 2 aliphatic heterocycles. The van der Waals surface area contributed by atoms with Gasteiger partial charge in [-0.25, -0.2) is 0 Å². The molecule has 2 aromatic rings. The summed E-state index contributed by atoms with van der Waals surface area (Å²) in [5, 5.41) is 5.61. The largest absolute Gasteiger partial charge is 0.373 e. The highest BCUT2D eigenvalue weighted by Gasteiger charge is 2.41. The summed E-state index contributed by atoms with van der Waals surface area (Å²) < 4.78 is 6.08. The number of aliphatic imine (C=N–C) groups is 1. The van der Waals surface area contributed by atoms with Crippen molar-refractivity contribution >= 4 is 17.3 Å². The number of nitrogens with zero attached hydrogens (tertiary/aromatic N) is 3. The maximum atomic E-state index is 6.08. The maximum Gasteiger partial charge on any atom is 0.194 e. The van der Waals surface area contributed by atoms with E-state index in [1.165, 1.54) is 10.4 Å². The minimum Gasteiger partial charge on any atom is -0.373 e. The fourth-order valence-electron chi connectivity index (χ4n) is 3.86. The number of fused-ring (bicyclic) bond motifs is 1. The molecule has 2 unspecified atom stereocenters. The molecule has 2 atom stereocenters. The number of morpholine rings is 1. The molecule has 2 saturated heterocycles. The molecule has 0 spiro atoms. The third kappa shape index (κ3) is 3.92. The van der Waals surface area contributed by atoms with E-state index in [1.54, 1.807) is 11.3 Å². The number of guanidine groups is 1. The van der Waals surface area contributed by atoms with Crippen LogP contribution in [-0.4, -0.2) is 61.2 Å². The van der Waals surface area contributed by atoms with Gasteiger partial charge in [0.2, 0.25) is 0 Å². The molecular weight excluding hydrogens is 344 g/mol. The maximum absolute atomic E-state index is 6.08. The predicted molar refractivity (Wildman–Crippen MR) is 106 cm³/mol. The normalized spacial score (nSPS) is 23.9. The van der Waals surface area contributed by atoms with E-state index < -0.39 is 0 Å². The molecule has 0 radical (unpaired) electrons. The van der Waals surface area contributed by atoms with Crippen molar-refractivity contribution in [3.63, 3.8) is 0 Å². The van der Waals surface area contributed by atoms with Crippen LogP contribution in [-0.2, 0) is 17.8 Å². The molecule has 3 heterocycles. The first kappa shape index (κ1) is 17.5. The van der Waals surface area contributed by atoms with Crippen molar-refractivity contribution in [3.05, 3.63) is 58.3 Å². The van der Waals surface area contributed by atoms with Crippen molar-refractivity contribution in [2.24, 2.45) is 4.99 Å². The summed E-state index contributed by atoms with van der Waals surface area (Å²) in [5.74, 6) is 0.969. The highest BCUT2D eigenvalue weighted by Crippen LogP contribution is 2.24. The number of benzene rings is 1. The predicted octanol–water partition coefficient (Wildman–Crippen LogP) is 2.41. The van der Waals surface area contributed by atoms with Gasteiger partial charge in [-0.3, -0.25) is 9.89 Å². The van der Waals surface area contributed by atoms with Gasteiger partial charge in [0.1, 0.15) is 0 Å². The number of ether oxygens (including phenoxy) is 1. The van der Waals surface area contributed by atoms with Crippen molar-refractivity contribution in [2.75, 3.05) is 33.3 Å². The van der Waals surface area contributed by atoms with Crippen LogP contribution in [0.15, 0.2) is 52.8 Å². The molecule has 6 heteroatoms. The molecule has 26 heavy (non-hydrogen) atoms. The van der Waals surface area contributed by atoms with Gasteiger partial charge in [-0.1, -0.05) is 36.4 Å². The number of nitrogens with one attached hydrogen (secondary N) is 1. The Morgan fingerprint density at radius 2 is 2.12 bits per heavy atom. The fraction of sp³-hybridized carbons (Fsp3) is 0.450. The standard InChI is InChI=1S/C20H26N4OS/c1-21-20(22-12-17-8-5-11-26-17)24-14-18-19(15-24)25-10-9-23(18)13-16-6-3-2-4-7-16/h2-8,11,18-19H,9-10,12-15H2,1H3,(H,21,22). The van der Waals surface area contributed by atoms with Crippen molar-refractivity contribution in [1.82, 2.24) is 15.1 Å². The number of likely N-dealkylation sites (tertiary alicyclic amines) is 1. The summed E-state index contributed by atoms with van der Waals surface area (Å²) in [7, 11) is 1.86. The second kappa shape index (κ2) is 8.20. The van der Waals surface area contributed by atoms with Crippen molar-refractivity contribution in [3.8, 4) is 0 Å². The summed E-state index contributed by atoms with van der Waals surface area (Å²) in [6.45, 7) is 5.47. The van der Waals surface area contributed by atoms with E-state index >= 15 is 0 Å². The molecule has 1 N–H and O–H groups in total. The number of thiophene rings is 1. The molecule has 2 fully saturated rings. The van der Waals surface area contributed by atoms with Gasteiger partial charge in [0.05, 0.1) is 25.3 Å². The van der Waals surface area contributed by atoms with Gasteiger partial charge in [-0.05, 0) is 17.0 Å². The lowest BCUT2D eigenvalue weighted by atomic mass is 10.1. The van der Waals surface area contributed by atoms with Crippen LogP contribution >= 0.6 is 11.3 Å². The number of hydrogen-bond acceptors (Lipinski definition) is 4. The first-order valence-electron chi connectivity index (χ1n) is 9.21. The van der Waals surface area contributed by atoms with Gasteiger partial charge < -0.3 is 15.0 Å². The molecule has 1 aromatic heterocycles. The Balaban J connectivity index is 1.39. The van der Waals surface area contributed by atoms with Crippen LogP contribution in [0.25, 0.3) is 0 Å². The van der Waals surface area contributed by atoms with Gasteiger partial charge in [0.15, 0.2) is 5.96 Å². The van der Waals surface area contributed by atoms with E-state index in [0.717, 1.165) is 45.3 Å². The lowest BCUT2D eigenvalue weighted by molar-refractivity contribution is -0.0502. The molecule has 0 bridgehead atoms. The van der Waals surface area contributed by atoms with Crippen LogP contribution < -0.4 is 5.32 Å². The monoisotopic (exact) mass is 370 g/mol. The van der Waals surface area contributed by atoms with Gasteiger partial charge in [-0.2, -0.15) is 0 Å². The third-order valence-corrected chi connectivity index (χ3v) is 6.03. The van der Waals surface area contributed by atoms with Crippen molar-refractivity contribution in [2.45, 2.75) is 25.2 Å². The third-order valence-electron chi connectivity index (χ3n) is 5.16. The molecule has 138 valence electrons. The van der Waals surface area contributed by atoms with Gasteiger partial charge in [0.25, 0.3) is 0 Å². The zero-order valence-electron chi connectivity index (χ0n) is 15.2. The Hall–Kier alpha value is -1.89. The summed E-state index contributed by atoms with van der Waals surface area (Å²) in [6, 6.07) is 15.4. The Labute approximate surface area is 159 Å².